The molecule has 0 radical (unpaired) electrons. The lowest BCUT2D eigenvalue weighted by Crippen LogP contribution is -1.84. The number of benzene rings is 1. The maximum atomic E-state index is 4.35. The van der Waals surface area contributed by atoms with E-state index in [1.165, 1.54) is 0 Å². The first-order chi connectivity index (χ1) is 8.84. The zero-order valence-electron chi connectivity index (χ0n) is 9.63. The third kappa shape index (κ3) is 2.02. The zero-order valence-corrected chi connectivity index (χ0v) is 10.4. The van der Waals surface area contributed by atoms with E-state index < -0.39 is 0 Å². The molecule has 3 nitrogen and oxygen atoms in total. The zero-order chi connectivity index (χ0) is 12.4. The number of aromatic amines is 1. The summed E-state index contributed by atoms with van der Waals surface area (Å²) in [6.45, 7) is 4.05. The van der Waals surface area contributed by atoms with Crippen LogP contribution in [-0.2, 0) is 0 Å². The lowest BCUT2D eigenvalue weighted by molar-refractivity contribution is 1.26. The lowest BCUT2D eigenvalue weighted by Gasteiger charge is -2.06. The maximum absolute atomic E-state index is 4.35. The van der Waals surface area contributed by atoms with Crippen LogP contribution in [0.2, 0.25) is 0 Å². The second-order valence-corrected chi connectivity index (χ2v) is 4.93. The van der Waals surface area contributed by atoms with Gasteiger partial charge in [0.05, 0.1) is 5.52 Å². The van der Waals surface area contributed by atoms with Crippen LogP contribution >= 0.6 is 11.8 Å². The number of hydrogen-bond donors (Lipinski definition) is 1. The molecule has 0 bridgehead atoms. The normalized spacial score (nSPS) is 10.7. The van der Waals surface area contributed by atoms with Crippen LogP contribution in [0.15, 0.2) is 60.4 Å². The Morgan fingerprint density at radius 2 is 2.00 bits per heavy atom. The van der Waals surface area contributed by atoms with E-state index in [1.54, 1.807) is 24.2 Å². The predicted octanol–water partition coefficient (Wildman–Crippen LogP) is 3.72. The van der Waals surface area contributed by atoms with Gasteiger partial charge in [0, 0.05) is 33.8 Å². The van der Waals surface area contributed by atoms with Gasteiger partial charge in [-0.3, -0.25) is 4.98 Å². The van der Waals surface area contributed by atoms with Gasteiger partial charge in [0.15, 0.2) is 0 Å². The van der Waals surface area contributed by atoms with Crippen molar-refractivity contribution in [3.05, 3.63) is 61.3 Å². The Balaban J connectivity index is 1.98. The van der Waals surface area contributed by atoms with Crippen molar-refractivity contribution in [1.29, 1.82) is 0 Å². The highest BCUT2D eigenvalue weighted by molar-refractivity contribution is 8.08. The van der Waals surface area contributed by atoms with Crippen molar-refractivity contribution in [2.45, 2.75) is 4.90 Å². The molecule has 88 valence electrons. The fourth-order valence-corrected chi connectivity index (χ4v) is 2.64. The number of pyridine rings is 1. The van der Waals surface area contributed by atoms with E-state index in [0.29, 0.717) is 0 Å². The Kier molecular flexibility index (Phi) is 2.86. The molecule has 2 aromatic heterocycles. The highest BCUT2D eigenvalue weighted by Crippen LogP contribution is 2.34. The average molecular weight is 253 g/mol. The van der Waals surface area contributed by atoms with Gasteiger partial charge in [-0.25, -0.2) is 4.98 Å². The molecule has 3 rings (SSSR count). The number of aromatic nitrogens is 3. The average Bonchev–Trinajstić information content (AvgIpc) is 2.93. The molecule has 18 heavy (non-hydrogen) atoms. The van der Waals surface area contributed by atoms with Crippen LogP contribution in [0.3, 0.4) is 0 Å². The standard InChI is InChI=1S/C14H11N3S/c1-10(14-16-8-9-17-14)18-13-6-7-15-12-5-3-2-4-11(12)13/h2-9H,1H2,(H,16,17). The Morgan fingerprint density at radius 1 is 1.11 bits per heavy atom. The number of nitrogens with one attached hydrogen (secondary N) is 1. The molecule has 2 heterocycles. The van der Waals surface area contributed by atoms with Gasteiger partial charge in [-0.2, -0.15) is 0 Å². The Labute approximate surface area is 109 Å². The second-order valence-electron chi connectivity index (χ2n) is 3.79. The van der Waals surface area contributed by atoms with Crippen LogP contribution in [0.25, 0.3) is 15.8 Å². The van der Waals surface area contributed by atoms with E-state index >= 15 is 0 Å². The van der Waals surface area contributed by atoms with Gasteiger partial charge in [-0.15, -0.1) is 0 Å². The summed E-state index contributed by atoms with van der Waals surface area (Å²) in [5.74, 6) is 0.806. The second kappa shape index (κ2) is 4.66. The molecular weight excluding hydrogens is 242 g/mol. The monoisotopic (exact) mass is 253 g/mol. The van der Waals surface area contributed by atoms with Gasteiger partial charge >= 0.3 is 0 Å². The molecule has 1 N–H and O–H groups in total. The van der Waals surface area contributed by atoms with Gasteiger partial charge in [0.2, 0.25) is 0 Å². The van der Waals surface area contributed by atoms with Gasteiger partial charge in [-0.05, 0) is 12.1 Å². The fraction of sp³-hybridized carbons (Fsp3) is 0. The molecule has 0 amide bonds. The SMILES string of the molecule is C=C(Sc1ccnc2ccccc12)c1ncc[nH]1. The van der Waals surface area contributed by atoms with Crippen molar-refractivity contribution in [2.24, 2.45) is 0 Å². The molecule has 0 aliphatic rings. The molecule has 0 atom stereocenters. The summed E-state index contributed by atoms with van der Waals surface area (Å²) in [5.41, 5.74) is 0.995. The number of rotatable bonds is 3. The maximum Gasteiger partial charge on any atom is 0.143 e. The van der Waals surface area contributed by atoms with E-state index in [1.807, 2.05) is 30.5 Å². The molecule has 1 aromatic carbocycles. The molecule has 4 heteroatoms. The van der Waals surface area contributed by atoms with Crippen molar-refractivity contribution >= 4 is 27.6 Å². The lowest BCUT2D eigenvalue weighted by atomic mass is 10.2. The van der Waals surface area contributed by atoms with E-state index in [9.17, 15) is 0 Å². The molecular formula is C14H11N3S. The van der Waals surface area contributed by atoms with Gasteiger partial charge in [-0.1, -0.05) is 36.5 Å². The first kappa shape index (κ1) is 11.0. The minimum Gasteiger partial charge on any atom is -0.344 e. The fourth-order valence-electron chi connectivity index (χ4n) is 1.76. The van der Waals surface area contributed by atoms with Crippen molar-refractivity contribution < 1.29 is 0 Å². The Morgan fingerprint density at radius 3 is 2.83 bits per heavy atom. The molecule has 3 aromatic rings. The summed E-state index contributed by atoms with van der Waals surface area (Å²) >= 11 is 1.60. The highest BCUT2D eigenvalue weighted by atomic mass is 32.2. The summed E-state index contributed by atoms with van der Waals surface area (Å²) in [6, 6.07) is 10.1. The smallest absolute Gasteiger partial charge is 0.143 e. The summed E-state index contributed by atoms with van der Waals surface area (Å²) in [4.78, 5) is 13.6. The van der Waals surface area contributed by atoms with E-state index in [0.717, 1.165) is 26.5 Å². The number of nitrogens with zero attached hydrogens (tertiary/aromatic N) is 2. The molecule has 0 aliphatic carbocycles. The number of thioether (sulfide) groups is 1. The van der Waals surface area contributed by atoms with E-state index in [-0.39, 0.29) is 0 Å². The molecule has 0 aliphatic heterocycles. The van der Waals surface area contributed by atoms with Crippen LogP contribution in [0.5, 0.6) is 0 Å². The molecule has 0 saturated carbocycles. The topological polar surface area (TPSA) is 41.6 Å². The van der Waals surface area contributed by atoms with Crippen molar-refractivity contribution in [2.75, 3.05) is 0 Å². The number of imidazole rings is 1. The van der Waals surface area contributed by atoms with E-state index in [2.05, 4.69) is 27.6 Å². The predicted molar refractivity (Wildman–Crippen MR) is 75.2 cm³/mol. The molecule has 0 fully saturated rings. The Hall–Kier alpha value is -2.07. The van der Waals surface area contributed by atoms with Crippen LogP contribution in [-0.4, -0.2) is 15.0 Å². The van der Waals surface area contributed by atoms with Crippen molar-refractivity contribution in [3.63, 3.8) is 0 Å². The number of H-pyrrole nitrogens is 1. The van der Waals surface area contributed by atoms with Crippen molar-refractivity contribution in [3.8, 4) is 0 Å². The molecule has 0 unspecified atom stereocenters. The first-order valence-electron chi connectivity index (χ1n) is 5.55. The highest BCUT2D eigenvalue weighted by Gasteiger charge is 2.07. The summed E-state index contributed by atoms with van der Waals surface area (Å²) < 4.78 is 0. The third-order valence-electron chi connectivity index (χ3n) is 2.60. The third-order valence-corrected chi connectivity index (χ3v) is 3.62. The van der Waals surface area contributed by atoms with Gasteiger partial charge < -0.3 is 4.98 Å². The first-order valence-corrected chi connectivity index (χ1v) is 6.36. The van der Waals surface area contributed by atoms with Crippen LogP contribution < -0.4 is 0 Å². The Bertz CT molecular complexity index is 684. The van der Waals surface area contributed by atoms with Crippen LogP contribution in [0.1, 0.15) is 5.82 Å². The summed E-state index contributed by atoms with van der Waals surface area (Å²) in [6.07, 6.45) is 5.34. The number of para-hydroxylation sites is 1. The van der Waals surface area contributed by atoms with Crippen molar-refractivity contribution in [1.82, 2.24) is 15.0 Å². The summed E-state index contributed by atoms with van der Waals surface area (Å²) in [5, 5.41) is 1.14. The number of fused-ring (bicyclic) bond motifs is 1. The van der Waals surface area contributed by atoms with Crippen LogP contribution in [0, 0.1) is 0 Å². The molecule has 0 saturated heterocycles. The van der Waals surface area contributed by atoms with Crippen LogP contribution in [0.4, 0.5) is 0 Å². The summed E-state index contributed by atoms with van der Waals surface area (Å²) in [7, 11) is 0. The minimum absolute atomic E-state index is 0.806. The van der Waals surface area contributed by atoms with Gasteiger partial charge in [0.1, 0.15) is 5.82 Å². The van der Waals surface area contributed by atoms with E-state index in [4.69, 9.17) is 0 Å². The number of hydrogen-bond acceptors (Lipinski definition) is 3. The van der Waals surface area contributed by atoms with Gasteiger partial charge in [0.25, 0.3) is 0 Å². The molecule has 0 spiro atoms. The largest absolute Gasteiger partial charge is 0.344 e. The minimum atomic E-state index is 0.806. The quantitative estimate of drug-likeness (QED) is 0.723.